The van der Waals surface area contributed by atoms with Crippen molar-refractivity contribution in [3.8, 4) is 0 Å². The average Bonchev–Trinajstić information content (AvgIpc) is 2.97. The fourth-order valence-electron chi connectivity index (χ4n) is 1.73. The van der Waals surface area contributed by atoms with Gasteiger partial charge in [0.1, 0.15) is 6.10 Å². The average molecular weight is 208 g/mol. The Bertz CT molecular complexity index is 355. The van der Waals surface area contributed by atoms with Gasteiger partial charge in [-0.1, -0.05) is 0 Å². The van der Waals surface area contributed by atoms with Crippen molar-refractivity contribution in [2.24, 2.45) is 13.0 Å². The number of carbonyl (C=O) groups is 1. The lowest BCUT2D eigenvalue weighted by Gasteiger charge is -2.14. The molecule has 1 aromatic heterocycles. The molecular formula is C11H16N2O2. The highest BCUT2D eigenvalue weighted by Gasteiger charge is 2.38. The fourth-order valence-corrected chi connectivity index (χ4v) is 1.73. The molecule has 0 spiro atoms. The largest absolute Gasteiger partial charge is 0.370 e. The summed E-state index contributed by atoms with van der Waals surface area (Å²) in [6, 6.07) is 0. The van der Waals surface area contributed by atoms with E-state index in [-0.39, 0.29) is 11.9 Å². The van der Waals surface area contributed by atoms with Crippen LogP contribution in [0.5, 0.6) is 0 Å². The summed E-state index contributed by atoms with van der Waals surface area (Å²) in [5.74, 6) is 0.932. The van der Waals surface area contributed by atoms with Crippen LogP contribution in [0.2, 0.25) is 0 Å². The normalized spacial score (nSPS) is 17.7. The third-order valence-electron chi connectivity index (χ3n) is 2.70. The quantitative estimate of drug-likeness (QED) is 0.687. The van der Waals surface area contributed by atoms with Crippen molar-refractivity contribution >= 4 is 5.78 Å². The summed E-state index contributed by atoms with van der Waals surface area (Å²) >= 11 is 0. The van der Waals surface area contributed by atoms with Gasteiger partial charge in [-0.05, 0) is 25.7 Å². The van der Waals surface area contributed by atoms with Crippen LogP contribution in [0.15, 0.2) is 12.4 Å². The van der Waals surface area contributed by atoms with Gasteiger partial charge in [-0.2, -0.15) is 0 Å². The summed E-state index contributed by atoms with van der Waals surface area (Å²) in [6.45, 7) is 2.50. The predicted octanol–water partition coefficient (Wildman–Crippen LogP) is 1.42. The summed E-state index contributed by atoms with van der Waals surface area (Å²) in [6.07, 6.45) is 5.34. The number of aromatic nitrogens is 2. The topological polar surface area (TPSA) is 44.1 Å². The number of nitrogens with zero attached hydrogens (tertiary/aromatic N) is 2. The zero-order valence-corrected chi connectivity index (χ0v) is 9.14. The van der Waals surface area contributed by atoms with Crippen LogP contribution in [0, 0.1) is 5.92 Å². The van der Waals surface area contributed by atoms with Crippen molar-refractivity contribution < 1.29 is 9.53 Å². The Morgan fingerprint density at radius 1 is 1.73 bits per heavy atom. The molecule has 0 amide bonds. The Labute approximate surface area is 89.3 Å². The molecule has 0 N–H and O–H groups in total. The molecule has 82 valence electrons. The van der Waals surface area contributed by atoms with Crippen LogP contribution in [0.1, 0.15) is 30.4 Å². The number of hydrogen-bond acceptors (Lipinski definition) is 3. The first-order chi connectivity index (χ1) is 7.24. The highest BCUT2D eigenvalue weighted by atomic mass is 16.5. The molecule has 1 aliphatic rings. The molecule has 1 unspecified atom stereocenters. The summed E-state index contributed by atoms with van der Waals surface area (Å²) in [5, 5.41) is 0. The molecule has 2 rings (SSSR count). The third kappa shape index (κ3) is 2.09. The SMILES string of the molecule is CCOC(C(=O)c1nccn1C)C1CC1. The maximum absolute atomic E-state index is 12.1. The van der Waals surface area contributed by atoms with Gasteiger partial charge in [0, 0.05) is 26.0 Å². The highest BCUT2D eigenvalue weighted by molar-refractivity contribution is 5.96. The van der Waals surface area contributed by atoms with Crippen LogP contribution in [0.25, 0.3) is 0 Å². The Morgan fingerprint density at radius 3 is 2.93 bits per heavy atom. The fraction of sp³-hybridized carbons (Fsp3) is 0.636. The van der Waals surface area contributed by atoms with E-state index in [2.05, 4.69) is 4.98 Å². The lowest BCUT2D eigenvalue weighted by molar-refractivity contribution is 0.0363. The number of ketones is 1. The summed E-state index contributed by atoms with van der Waals surface area (Å²) in [7, 11) is 1.83. The first-order valence-corrected chi connectivity index (χ1v) is 5.37. The molecule has 4 nitrogen and oxygen atoms in total. The second-order valence-corrected chi connectivity index (χ2v) is 3.94. The van der Waals surface area contributed by atoms with Crippen LogP contribution >= 0.6 is 0 Å². The first-order valence-electron chi connectivity index (χ1n) is 5.37. The Morgan fingerprint density at radius 2 is 2.47 bits per heavy atom. The van der Waals surface area contributed by atoms with E-state index in [9.17, 15) is 4.79 Å². The molecule has 1 aromatic rings. The number of rotatable bonds is 5. The molecule has 1 aliphatic carbocycles. The van der Waals surface area contributed by atoms with Gasteiger partial charge in [0.05, 0.1) is 0 Å². The molecule has 0 bridgehead atoms. The van der Waals surface area contributed by atoms with E-state index < -0.39 is 0 Å². The van der Waals surface area contributed by atoms with Gasteiger partial charge < -0.3 is 9.30 Å². The van der Waals surface area contributed by atoms with Gasteiger partial charge in [0.25, 0.3) is 0 Å². The number of hydrogen-bond donors (Lipinski definition) is 0. The Hall–Kier alpha value is -1.16. The molecule has 1 saturated carbocycles. The molecule has 0 saturated heterocycles. The third-order valence-corrected chi connectivity index (χ3v) is 2.70. The molecule has 0 aromatic carbocycles. The van der Waals surface area contributed by atoms with E-state index in [1.54, 1.807) is 17.0 Å². The van der Waals surface area contributed by atoms with Crippen LogP contribution in [-0.2, 0) is 11.8 Å². The lowest BCUT2D eigenvalue weighted by atomic mass is 10.1. The lowest BCUT2D eigenvalue weighted by Crippen LogP contribution is -2.28. The monoisotopic (exact) mass is 208 g/mol. The van der Waals surface area contributed by atoms with Gasteiger partial charge in [0.15, 0.2) is 5.82 Å². The number of aryl methyl sites for hydroxylation is 1. The van der Waals surface area contributed by atoms with E-state index in [1.165, 1.54) is 0 Å². The summed E-state index contributed by atoms with van der Waals surface area (Å²) < 4.78 is 7.25. The van der Waals surface area contributed by atoms with Crippen molar-refractivity contribution in [2.75, 3.05) is 6.61 Å². The van der Waals surface area contributed by atoms with Crippen LogP contribution in [0.4, 0.5) is 0 Å². The standard InChI is InChI=1S/C11H16N2O2/c1-3-15-10(8-4-5-8)9(14)11-12-6-7-13(11)2/h6-8,10H,3-5H2,1-2H3. The van der Waals surface area contributed by atoms with Crippen molar-refractivity contribution in [1.29, 1.82) is 0 Å². The van der Waals surface area contributed by atoms with E-state index in [4.69, 9.17) is 4.74 Å². The van der Waals surface area contributed by atoms with E-state index in [1.807, 2.05) is 14.0 Å². The molecular weight excluding hydrogens is 192 g/mol. The van der Waals surface area contributed by atoms with Crippen molar-refractivity contribution in [3.63, 3.8) is 0 Å². The van der Waals surface area contributed by atoms with Crippen molar-refractivity contribution in [1.82, 2.24) is 9.55 Å². The first kappa shape index (κ1) is 10.4. The summed E-state index contributed by atoms with van der Waals surface area (Å²) in [4.78, 5) is 16.2. The molecule has 0 aliphatic heterocycles. The Kier molecular flexibility index (Phi) is 2.86. The minimum Gasteiger partial charge on any atom is -0.370 e. The zero-order valence-electron chi connectivity index (χ0n) is 9.14. The predicted molar refractivity (Wildman–Crippen MR) is 55.7 cm³/mol. The molecule has 1 heterocycles. The van der Waals surface area contributed by atoms with Crippen molar-refractivity contribution in [3.05, 3.63) is 18.2 Å². The number of carbonyl (C=O) groups excluding carboxylic acids is 1. The molecule has 15 heavy (non-hydrogen) atoms. The van der Waals surface area contributed by atoms with Crippen molar-refractivity contribution in [2.45, 2.75) is 25.9 Å². The minimum absolute atomic E-state index is 0.0202. The molecule has 0 radical (unpaired) electrons. The van der Waals surface area contributed by atoms with Gasteiger partial charge in [-0.25, -0.2) is 4.98 Å². The maximum atomic E-state index is 12.1. The smallest absolute Gasteiger partial charge is 0.227 e. The van der Waals surface area contributed by atoms with E-state index >= 15 is 0 Å². The van der Waals surface area contributed by atoms with E-state index in [0.717, 1.165) is 12.8 Å². The molecule has 1 atom stereocenters. The van der Waals surface area contributed by atoms with Gasteiger partial charge in [-0.3, -0.25) is 4.79 Å². The molecule has 1 fully saturated rings. The van der Waals surface area contributed by atoms with E-state index in [0.29, 0.717) is 18.3 Å². The van der Waals surface area contributed by atoms with Crippen LogP contribution in [-0.4, -0.2) is 28.0 Å². The Balaban J connectivity index is 2.14. The van der Waals surface area contributed by atoms with Gasteiger partial charge in [-0.15, -0.1) is 0 Å². The maximum Gasteiger partial charge on any atom is 0.227 e. The summed E-state index contributed by atoms with van der Waals surface area (Å²) in [5.41, 5.74) is 0. The number of ether oxygens (including phenoxy) is 1. The van der Waals surface area contributed by atoms with Crippen LogP contribution < -0.4 is 0 Å². The highest BCUT2D eigenvalue weighted by Crippen LogP contribution is 2.35. The number of Topliss-reactive ketones (excluding diaryl/α,β-unsaturated/α-hetero) is 1. The minimum atomic E-state index is -0.281. The van der Waals surface area contributed by atoms with Gasteiger partial charge in [0.2, 0.25) is 5.78 Å². The second kappa shape index (κ2) is 4.14. The van der Waals surface area contributed by atoms with Crippen LogP contribution in [0.3, 0.4) is 0 Å². The molecule has 4 heteroatoms. The zero-order chi connectivity index (χ0) is 10.8. The second-order valence-electron chi connectivity index (χ2n) is 3.94. The van der Waals surface area contributed by atoms with Gasteiger partial charge >= 0.3 is 0 Å². The number of imidazole rings is 1.